The first-order valence-electron chi connectivity index (χ1n) is 6.19. The summed E-state index contributed by atoms with van der Waals surface area (Å²) in [7, 11) is 0. The molecule has 1 aromatic carbocycles. The third kappa shape index (κ3) is 4.95. The van der Waals surface area contributed by atoms with Crippen molar-refractivity contribution in [2.75, 3.05) is 0 Å². The lowest BCUT2D eigenvalue weighted by molar-refractivity contribution is 0.424. The average Bonchev–Trinajstić information content (AvgIpc) is 2.79. The van der Waals surface area contributed by atoms with Crippen LogP contribution in [0.15, 0.2) is 49.3 Å². The molecule has 4 heteroatoms. The van der Waals surface area contributed by atoms with Crippen LogP contribution in [0.2, 0.25) is 0 Å². The van der Waals surface area contributed by atoms with Crippen LogP contribution in [0.4, 0.5) is 0 Å². The number of benzene rings is 1. The van der Waals surface area contributed by atoms with Gasteiger partial charge in [0, 0.05) is 21.5 Å². The Morgan fingerprint density at radius 1 is 1.26 bits per heavy atom. The third-order valence-electron chi connectivity index (χ3n) is 2.55. The van der Waals surface area contributed by atoms with Crippen molar-refractivity contribution in [3.05, 3.63) is 45.7 Å². The summed E-state index contributed by atoms with van der Waals surface area (Å²) in [6, 6.07) is 10.8. The Labute approximate surface area is 131 Å². The Hall–Kier alpha value is -0.290. The molecular weight excluding hydrogens is 338 g/mol. The van der Waals surface area contributed by atoms with E-state index < -0.39 is 0 Å². The van der Waals surface area contributed by atoms with Crippen molar-refractivity contribution >= 4 is 39.0 Å². The van der Waals surface area contributed by atoms with E-state index in [-0.39, 0.29) is 5.54 Å². The molecule has 19 heavy (non-hydrogen) atoms. The van der Waals surface area contributed by atoms with Crippen LogP contribution >= 0.6 is 39.0 Å². The van der Waals surface area contributed by atoms with Crippen molar-refractivity contribution in [3.63, 3.8) is 0 Å². The van der Waals surface area contributed by atoms with E-state index in [0.29, 0.717) is 0 Å². The number of rotatable bonds is 4. The lowest BCUT2D eigenvalue weighted by Crippen LogP contribution is -2.35. The smallest absolute Gasteiger partial charge is 0.0646 e. The molecular formula is C15H18BrNS2. The third-order valence-corrected chi connectivity index (χ3v) is 5.31. The van der Waals surface area contributed by atoms with Gasteiger partial charge in [-0.2, -0.15) is 0 Å². The average molecular weight is 356 g/mol. The van der Waals surface area contributed by atoms with Gasteiger partial charge in [-0.15, -0.1) is 11.3 Å². The quantitative estimate of drug-likeness (QED) is 0.771. The van der Waals surface area contributed by atoms with E-state index in [0.717, 1.165) is 6.54 Å². The summed E-state index contributed by atoms with van der Waals surface area (Å²) in [4.78, 5) is 1.27. The van der Waals surface area contributed by atoms with Crippen LogP contribution in [-0.2, 0) is 6.54 Å². The second kappa shape index (κ2) is 6.44. The lowest BCUT2D eigenvalue weighted by atomic mass is 10.1. The van der Waals surface area contributed by atoms with Crippen molar-refractivity contribution < 1.29 is 0 Å². The molecule has 0 bridgehead atoms. The van der Waals surface area contributed by atoms with Crippen LogP contribution in [0, 0.1) is 0 Å². The first kappa shape index (κ1) is 15.1. The van der Waals surface area contributed by atoms with Gasteiger partial charge in [0.05, 0.1) is 4.21 Å². The van der Waals surface area contributed by atoms with Gasteiger partial charge < -0.3 is 5.32 Å². The summed E-state index contributed by atoms with van der Waals surface area (Å²) in [6.45, 7) is 7.43. The van der Waals surface area contributed by atoms with E-state index in [1.54, 1.807) is 11.3 Å². The Morgan fingerprint density at radius 3 is 2.63 bits per heavy atom. The van der Waals surface area contributed by atoms with Crippen molar-refractivity contribution in [1.82, 2.24) is 5.32 Å². The van der Waals surface area contributed by atoms with E-state index >= 15 is 0 Å². The molecule has 1 aromatic heterocycles. The molecule has 0 fully saturated rings. The molecule has 0 aliphatic heterocycles. The summed E-state index contributed by atoms with van der Waals surface area (Å²) in [5, 5.41) is 5.62. The SMILES string of the molecule is CC(C)(C)NCc1ccc(Sc2cccs2)cc1Br. The van der Waals surface area contributed by atoms with Gasteiger partial charge in [-0.1, -0.05) is 39.8 Å². The highest BCUT2D eigenvalue weighted by atomic mass is 79.9. The molecule has 0 spiro atoms. The van der Waals surface area contributed by atoms with E-state index in [1.807, 2.05) is 11.8 Å². The number of thiophene rings is 1. The van der Waals surface area contributed by atoms with Crippen molar-refractivity contribution in [1.29, 1.82) is 0 Å². The highest BCUT2D eigenvalue weighted by Gasteiger charge is 2.10. The van der Waals surface area contributed by atoms with Crippen molar-refractivity contribution in [3.8, 4) is 0 Å². The molecule has 0 unspecified atom stereocenters. The maximum Gasteiger partial charge on any atom is 0.0646 e. The molecule has 2 rings (SSSR count). The first-order chi connectivity index (χ1) is 8.94. The Kier molecular flexibility index (Phi) is 5.12. The molecule has 0 saturated carbocycles. The summed E-state index contributed by atoms with van der Waals surface area (Å²) in [5.41, 5.74) is 1.44. The van der Waals surface area contributed by atoms with E-state index in [2.05, 4.69) is 77.7 Å². The number of hydrogen-bond donors (Lipinski definition) is 1. The van der Waals surface area contributed by atoms with E-state index in [9.17, 15) is 0 Å². The van der Waals surface area contributed by atoms with Gasteiger partial charge in [-0.3, -0.25) is 0 Å². The number of halogens is 1. The van der Waals surface area contributed by atoms with Gasteiger partial charge in [0.1, 0.15) is 0 Å². The van der Waals surface area contributed by atoms with Crippen molar-refractivity contribution in [2.24, 2.45) is 0 Å². The van der Waals surface area contributed by atoms with Gasteiger partial charge >= 0.3 is 0 Å². The molecule has 0 aliphatic rings. The van der Waals surface area contributed by atoms with E-state index in [1.165, 1.54) is 19.1 Å². The molecule has 1 N–H and O–H groups in total. The van der Waals surface area contributed by atoms with E-state index in [4.69, 9.17) is 0 Å². The number of nitrogens with one attached hydrogen (secondary N) is 1. The molecule has 0 aliphatic carbocycles. The Bertz CT molecular complexity index is 530. The van der Waals surface area contributed by atoms with Gasteiger partial charge in [-0.25, -0.2) is 0 Å². The fourth-order valence-corrected chi connectivity index (χ4v) is 3.99. The zero-order valence-electron chi connectivity index (χ0n) is 11.4. The van der Waals surface area contributed by atoms with Gasteiger partial charge in [0.2, 0.25) is 0 Å². The minimum absolute atomic E-state index is 0.143. The standard InChI is InChI=1S/C15H18BrNS2/c1-15(2,3)17-10-11-6-7-12(9-13(11)16)19-14-5-4-8-18-14/h4-9,17H,10H2,1-3H3. The highest BCUT2D eigenvalue weighted by molar-refractivity contribution is 9.10. The van der Waals surface area contributed by atoms with Crippen molar-refractivity contribution in [2.45, 2.75) is 42.0 Å². The van der Waals surface area contributed by atoms with Crippen LogP contribution < -0.4 is 5.32 Å². The molecule has 1 heterocycles. The largest absolute Gasteiger partial charge is 0.308 e. The molecule has 0 saturated heterocycles. The maximum atomic E-state index is 3.67. The Morgan fingerprint density at radius 2 is 2.05 bits per heavy atom. The zero-order valence-corrected chi connectivity index (χ0v) is 14.6. The van der Waals surface area contributed by atoms with Gasteiger partial charge in [-0.05, 0) is 49.9 Å². The minimum Gasteiger partial charge on any atom is -0.308 e. The zero-order chi connectivity index (χ0) is 13.9. The van der Waals surface area contributed by atoms with Crippen LogP contribution in [0.5, 0.6) is 0 Å². The topological polar surface area (TPSA) is 12.0 Å². The molecule has 102 valence electrons. The van der Waals surface area contributed by atoms with Gasteiger partial charge in [0.15, 0.2) is 0 Å². The molecule has 0 radical (unpaired) electrons. The van der Waals surface area contributed by atoms with Crippen LogP contribution in [-0.4, -0.2) is 5.54 Å². The summed E-state index contributed by atoms with van der Waals surface area (Å²) in [6.07, 6.45) is 0. The second-order valence-corrected chi connectivity index (χ2v) is 8.57. The molecule has 0 atom stereocenters. The molecule has 2 aromatic rings. The molecule has 1 nitrogen and oxygen atoms in total. The fourth-order valence-electron chi connectivity index (χ4n) is 1.53. The predicted octanol–water partition coefficient (Wildman–Crippen LogP) is 5.55. The summed E-state index contributed by atoms with van der Waals surface area (Å²) < 4.78 is 2.50. The second-order valence-electron chi connectivity index (χ2n) is 5.39. The van der Waals surface area contributed by atoms with Crippen LogP contribution in [0.1, 0.15) is 26.3 Å². The maximum absolute atomic E-state index is 3.67. The Balaban J connectivity index is 2.04. The predicted molar refractivity (Wildman–Crippen MR) is 89.2 cm³/mol. The van der Waals surface area contributed by atoms with Crippen LogP contribution in [0.3, 0.4) is 0 Å². The fraction of sp³-hybridized carbons (Fsp3) is 0.333. The number of hydrogen-bond acceptors (Lipinski definition) is 3. The van der Waals surface area contributed by atoms with Gasteiger partial charge in [0.25, 0.3) is 0 Å². The summed E-state index contributed by atoms with van der Waals surface area (Å²) in [5.74, 6) is 0. The first-order valence-corrected chi connectivity index (χ1v) is 8.68. The minimum atomic E-state index is 0.143. The summed E-state index contributed by atoms with van der Waals surface area (Å²) >= 11 is 7.25. The normalized spacial score (nSPS) is 11.8. The monoisotopic (exact) mass is 355 g/mol. The van der Waals surface area contributed by atoms with Crippen LogP contribution in [0.25, 0.3) is 0 Å². The lowest BCUT2D eigenvalue weighted by Gasteiger charge is -2.21. The molecule has 0 amide bonds. The highest BCUT2D eigenvalue weighted by Crippen LogP contribution is 2.33.